The van der Waals surface area contributed by atoms with Crippen molar-refractivity contribution in [3.63, 3.8) is 0 Å². The minimum atomic E-state index is -0.682. The maximum absolute atomic E-state index is 12.5. The number of aliphatic hydroxyl groups is 2. The molecule has 0 bridgehead atoms. The summed E-state index contributed by atoms with van der Waals surface area (Å²) in [7, 11) is 0. The fourth-order valence-corrected chi connectivity index (χ4v) is 8.90. The quantitative estimate of drug-likeness (QED) is 0.0321. The molecule has 0 aromatic carbocycles. The summed E-state index contributed by atoms with van der Waals surface area (Å²) in [5, 5.41) is 23.3. The Morgan fingerprint density at radius 1 is 0.424 bits per heavy atom. The molecule has 0 radical (unpaired) electrons. The Morgan fingerprint density at radius 3 is 1.20 bits per heavy atom. The third-order valence-corrected chi connectivity index (χ3v) is 13.4. The summed E-state index contributed by atoms with van der Waals surface area (Å²) < 4.78 is 5.46. The Labute approximate surface area is 411 Å². The van der Waals surface area contributed by atoms with E-state index in [4.69, 9.17) is 4.74 Å². The Hall–Kier alpha value is -1.92. The highest BCUT2D eigenvalue weighted by Crippen LogP contribution is 2.17. The van der Waals surface area contributed by atoms with E-state index < -0.39 is 12.1 Å². The van der Waals surface area contributed by atoms with Gasteiger partial charge in [0, 0.05) is 12.8 Å². The van der Waals surface area contributed by atoms with E-state index in [-0.39, 0.29) is 18.5 Å². The lowest BCUT2D eigenvalue weighted by atomic mass is 10.0. The zero-order valence-electron chi connectivity index (χ0n) is 44.2. The lowest BCUT2D eigenvalue weighted by Gasteiger charge is -2.22. The number of hydrogen-bond acceptors (Lipinski definition) is 5. The molecule has 3 N–H and O–H groups in total. The van der Waals surface area contributed by atoms with Gasteiger partial charge in [0.15, 0.2) is 0 Å². The number of carbonyl (C=O) groups is 2. The summed E-state index contributed by atoms with van der Waals surface area (Å²) in [5.41, 5.74) is 0. The van der Waals surface area contributed by atoms with Crippen LogP contribution in [0.25, 0.3) is 0 Å². The van der Waals surface area contributed by atoms with E-state index in [1.54, 1.807) is 0 Å². The van der Waals surface area contributed by atoms with Crippen molar-refractivity contribution in [2.24, 2.45) is 0 Å². The largest absolute Gasteiger partial charge is 0.466 e. The predicted octanol–water partition coefficient (Wildman–Crippen LogP) is 18.0. The SMILES string of the molecule is CCCCC/C=C\C/C=C\CCCCCCCCCC(=O)OCCCCC/C=C\CCCCCCCC(=O)NC(CO)C(O)CCCCCCCCCCCCCCCCCCCCCC. The Balaban J connectivity index is 3.50. The second-order valence-corrected chi connectivity index (χ2v) is 20.0. The van der Waals surface area contributed by atoms with Crippen LogP contribution in [-0.2, 0) is 14.3 Å². The summed E-state index contributed by atoms with van der Waals surface area (Å²) >= 11 is 0. The highest BCUT2D eigenvalue weighted by molar-refractivity contribution is 5.76. The Kier molecular flexibility index (Phi) is 54.1. The normalized spacial score (nSPS) is 12.8. The van der Waals surface area contributed by atoms with Gasteiger partial charge in [-0.15, -0.1) is 0 Å². The van der Waals surface area contributed by atoms with Crippen LogP contribution in [-0.4, -0.2) is 47.4 Å². The molecule has 6 nitrogen and oxygen atoms in total. The molecule has 0 aliphatic carbocycles. The second-order valence-electron chi connectivity index (χ2n) is 20.0. The molecule has 0 aromatic rings. The van der Waals surface area contributed by atoms with Crippen LogP contribution in [0.5, 0.6) is 0 Å². The van der Waals surface area contributed by atoms with Crippen molar-refractivity contribution in [2.75, 3.05) is 13.2 Å². The smallest absolute Gasteiger partial charge is 0.305 e. The van der Waals surface area contributed by atoms with Gasteiger partial charge in [0.2, 0.25) is 5.91 Å². The topological polar surface area (TPSA) is 95.9 Å². The van der Waals surface area contributed by atoms with Gasteiger partial charge < -0.3 is 20.3 Å². The average Bonchev–Trinajstić information content (AvgIpc) is 3.32. The fourth-order valence-electron chi connectivity index (χ4n) is 8.90. The standard InChI is InChI=1S/C60H113NO5/c1-3-5-7-9-11-13-15-17-19-21-22-23-25-26-28-32-36-40-44-48-52-58(63)57(56-62)61-59(64)53-49-45-41-37-33-30-31-35-39-43-47-51-55-66-60(65)54-50-46-42-38-34-29-27-24-20-18-16-14-12-10-8-6-4-2/h12,14,18,20,31,35,57-58,62-63H,3-11,13,15-17,19,21-30,32-34,36-56H2,1-2H3,(H,61,64)/b14-12-,20-18-,35-31-. The van der Waals surface area contributed by atoms with Crippen molar-refractivity contribution in [1.29, 1.82) is 0 Å². The molecule has 0 aliphatic heterocycles. The van der Waals surface area contributed by atoms with Gasteiger partial charge in [0.05, 0.1) is 25.4 Å². The van der Waals surface area contributed by atoms with E-state index in [1.165, 1.54) is 193 Å². The number of aliphatic hydroxyl groups excluding tert-OH is 2. The fraction of sp³-hybridized carbons (Fsp3) is 0.867. The van der Waals surface area contributed by atoms with Crippen LogP contribution in [0.3, 0.4) is 0 Å². The number of ether oxygens (including phenoxy) is 1. The van der Waals surface area contributed by atoms with Gasteiger partial charge in [-0.05, 0) is 89.9 Å². The van der Waals surface area contributed by atoms with E-state index in [2.05, 4.69) is 55.6 Å². The van der Waals surface area contributed by atoms with Crippen molar-refractivity contribution in [1.82, 2.24) is 5.32 Å². The van der Waals surface area contributed by atoms with Crippen molar-refractivity contribution in [2.45, 2.75) is 321 Å². The molecule has 0 heterocycles. The first-order valence-corrected chi connectivity index (χ1v) is 29.2. The van der Waals surface area contributed by atoms with Crippen LogP contribution >= 0.6 is 0 Å². The number of allylic oxidation sites excluding steroid dienone is 6. The van der Waals surface area contributed by atoms with Crippen molar-refractivity contribution in [3.8, 4) is 0 Å². The highest BCUT2D eigenvalue weighted by Gasteiger charge is 2.20. The maximum atomic E-state index is 12.5. The van der Waals surface area contributed by atoms with Gasteiger partial charge >= 0.3 is 5.97 Å². The van der Waals surface area contributed by atoms with Crippen molar-refractivity contribution in [3.05, 3.63) is 36.5 Å². The number of nitrogens with one attached hydrogen (secondary N) is 1. The zero-order valence-corrected chi connectivity index (χ0v) is 44.2. The number of amides is 1. The van der Waals surface area contributed by atoms with E-state index in [1.807, 2.05) is 0 Å². The predicted molar refractivity (Wildman–Crippen MR) is 287 cm³/mol. The van der Waals surface area contributed by atoms with E-state index in [0.717, 1.165) is 83.5 Å². The van der Waals surface area contributed by atoms with Gasteiger partial charge in [-0.1, -0.05) is 243 Å². The second kappa shape index (κ2) is 55.7. The van der Waals surface area contributed by atoms with Crippen molar-refractivity contribution >= 4 is 11.9 Å². The summed E-state index contributed by atoms with van der Waals surface area (Å²) in [6, 6.07) is -0.562. The molecular weight excluding hydrogens is 815 g/mol. The average molecular weight is 929 g/mol. The molecule has 0 spiro atoms. The highest BCUT2D eigenvalue weighted by atomic mass is 16.5. The number of hydrogen-bond donors (Lipinski definition) is 3. The van der Waals surface area contributed by atoms with Crippen LogP contribution in [0.1, 0.15) is 309 Å². The maximum Gasteiger partial charge on any atom is 0.305 e. The van der Waals surface area contributed by atoms with Crippen LogP contribution < -0.4 is 5.32 Å². The van der Waals surface area contributed by atoms with Gasteiger partial charge in [0.25, 0.3) is 0 Å². The number of unbranched alkanes of at least 4 members (excludes halogenated alkanes) is 37. The summed E-state index contributed by atoms with van der Waals surface area (Å²) in [5.74, 6) is -0.0895. The van der Waals surface area contributed by atoms with Gasteiger partial charge in [0.1, 0.15) is 0 Å². The van der Waals surface area contributed by atoms with Crippen LogP contribution in [0.2, 0.25) is 0 Å². The molecule has 0 rings (SSSR count). The zero-order chi connectivity index (χ0) is 47.9. The van der Waals surface area contributed by atoms with Gasteiger partial charge in [-0.25, -0.2) is 0 Å². The molecule has 2 unspecified atom stereocenters. The lowest BCUT2D eigenvalue weighted by Crippen LogP contribution is -2.45. The van der Waals surface area contributed by atoms with Crippen LogP contribution in [0, 0.1) is 0 Å². The lowest BCUT2D eigenvalue weighted by molar-refractivity contribution is -0.143. The molecule has 0 aromatic heterocycles. The molecule has 388 valence electrons. The van der Waals surface area contributed by atoms with Crippen LogP contribution in [0.15, 0.2) is 36.5 Å². The summed E-state index contributed by atoms with van der Waals surface area (Å²) in [4.78, 5) is 24.6. The van der Waals surface area contributed by atoms with Gasteiger partial charge in [-0.2, -0.15) is 0 Å². The number of rotatable bonds is 54. The van der Waals surface area contributed by atoms with E-state index in [9.17, 15) is 19.8 Å². The third-order valence-electron chi connectivity index (χ3n) is 13.4. The van der Waals surface area contributed by atoms with Crippen LogP contribution in [0.4, 0.5) is 0 Å². The monoisotopic (exact) mass is 928 g/mol. The molecular formula is C60H113NO5. The molecule has 0 saturated heterocycles. The Morgan fingerprint density at radius 2 is 0.758 bits per heavy atom. The summed E-state index contributed by atoms with van der Waals surface area (Å²) in [6.07, 6.45) is 68.4. The number of carbonyl (C=O) groups excluding carboxylic acids is 2. The van der Waals surface area contributed by atoms with E-state index >= 15 is 0 Å². The molecule has 0 aliphatic rings. The molecule has 2 atom stereocenters. The molecule has 66 heavy (non-hydrogen) atoms. The minimum absolute atomic E-state index is 0.0301. The summed E-state index contributed by atoms with van der Waals surface area (Å²) in [6.45, 7) is 4.88. The van der Waals surface area contributed by atoms with E-state index in [0.29, 0.717) is 25.9 Å². The minimum Gasteiger partial charge on any atom is -0.466 e. The first-order valence-electron chi connectivity index (χ1n) is 29.2. The number of esters is 1. The first-order chi connectivity index (χ1) is 32.5. The molecule has 0 fully saturated rings. The van der Waals surface area contributed by atoms with Gasteiger partial charge in [-0.3, -0.25) is 9.59 Å². The molecule has 6 heteroatoms. The molecule has 0 saturated carbocycles. The van der Waals surface area contributed by atoms with Crippen molar-refractivity contribution < 1.29 is 24.5 Å². The Bertz CT molecular complexity index is 1070. The third kappa shape index (κ3) is 51.5. The molecule has 1 amide bonds. The first kappa shape index (κ1) is 64.1.